The number of rotatable bonds is 5. The Labute approximate surface area is 167 Å². The molecule has 0 radical (unpaired) electrons. The summed E-state index contributed by atoms with van der Waals surface area (Å²) in [6.45, 7) is 0. The summed E-state index contributed by atoms with van der Waals surface area (Å²) >= 11 is 0. The summed E-state index contributed by atoms with van der Waals surface area (Å²) in [5, 5.41) is 13.4. The molecule has 0 aliphatic heterocycles. The molecular formula is C26H22NP. The van der Waals surface area contributed by atoms with E-state index in [-0.39, 0.29) is 0 Å². The van der Waals surface area contributed by atoms with Gasteiger partial charge < -0.3 is 0 Å². The summed E-state index contributed by atoms with van der Waals surface area (Å²) in [7, 11) is -2.28. The van der Waals surface area contributed by atoms with Crippen LogP contribution in [-0.4, -0.2) is 0 Å². The van der Waals surface area contributed by atoms with Crippen molar-refractivity contribution in [1.29, 1.82) is 5.26 Å². The molecule has 28 heavy (non-hydrogen) atoms. The summed E-state index contributed by atoms with van der Waals surface area (Å²) in [4.78, 5) is 0. The molecule has 136 valence electrons. The van der Waals surface area contributed by atoms with Gasteiger partial charge in [0.25, 0.3) is 0 Å². The van der Waals surface area contributed by atoms with Crippen LogP contribution in [0.2, 0.25) is 0 Å². The molecule has 0 aromatic heterocycles. The Balaban J connectivity index is 1.96. The van der Waals surface area contributed by atoms with Crippen molar-refractivity contribution in [3.05, 3.63) is 126 Å². The monoisotopic (exact) mass is 379 g/mol. The molecule has 0 saturated carbocycles. The average Bonchev–Trinajstić information content (AvgIpc) is 2.80. The van der Waals surface area contributed by atoms with Crippen molar-refractivity contribution in [2.24, 2.45) is 0 Å². The summed E-state index contributed by atoms with van der Waals surface area (Å²) in [5.41, 5.74) is 1.97. The van der Waals surface area contributed by atoms with E-state index in [0.29, 0.717) is 5.56 Å². The van der Waals surface area contributed by atoms with E-state index in [1.165, 1.54) is 21.5 Å². The van der Waals surface area contributed by atoms with Crippen molar-refractivity contribution < 1.29 is 0 Å². The van der Waals surface area contributed by atoms with E-state index in [2.05, 4.69) is 109 Å². The summed E-state index contributed by atoms with van der Waals surface area (Å²) in [5.74, 6) is 0. The van der Waals surface area contributed by atoms with Crippen LogP contribution in [0.1, 0.15) is 11.1 Å². The first-order valence-electron chi connectivity index (χ1n) is 9.48. The van der Waals surface area contributed by atoms with E-state index in [4.69, 9.17) is 5.26 Å². The standard InChI is InChI=1S/C26H22NP/c27-20-22-16-18-23(19-17-22)21-28(24-10-4-1-5-11-24,25-12-6-2-7-13-25)26-14-8-3-9-15-26/h1-19,28H,21H2. The number of benzene rings is 4. The van der Waals surface area contributed by atoms with Gasteiger partial charge in [0.15, 0.2) is 0 Å². The Bertz CT molecular complexity index is 969. The van der Waals surface area contributed by atoms with Gasteiger partial charge in [-0.25, -0.2) is 0 Å². The van der Waals surface area contributed by atoms with Crippen LogP contribution in [-0.2, 0) is 6.16 Å². The number of nitrogens with zero attached hydrogens (tertiary/aromatic N) is 1. The maximum absolute atomic E-state index is 9.15. The molecule has 2 heteroatoms. The Kier molecular flexibility index (Phi) is 5.34. The average molecular weight is 379 g/mol. The molecule has 0 bridgehead atoms. The van der Waals surface area contributed by atoms with E-state index >= 15 is 0 Å². The number of hydrogen-bond acceptors (Lipinski definition) is 1. The molecule has 0 aliphatic carbocycles. The zero-order chi connectivity index (χ0) is 19.2. The fraction of sp³-hybridized carbons (Fsp3) is 0.0385. The van der Waals surface area contributed by atoms with Gasteiger partial charge in [0.2, 0.25) is 0 Å². The third kappa shape index (κ3) is 3.48. The molecule has 0 N–H and O–H groups in total. The van der Waals surface area contributed by atoms with Crippen LogP contribution in [0.15, 0.2) is 115 Å². The molecule has 4 rings (SSSR count). The maximum atomic E-state index is 9.15. The Morgan fingerprint density at radius 1 is 0.536 bits per heavy atom. The van der Waals surface area contributed by atoms with Crippen LogP contribution in [0.3, 0.4) is 0 Å². The molecule has 0 fully saturated rings. The fourth-order valence-corrected chi connectivity index (χ4v) is 8.72. The topological polar surface area (TPSA) is 23.8 Å². The van der Waals surface area contributed by atoms with Gasteiger partial charge in [0.1, 0.15) is 0 Å². The molecule has 4 aromatic carbocycles. The van der Waals surface area contributed by atoms with Gasteiger partial charge in [0.05, 0.1) is 0 Å². The second-order valence-corrected chi connectivity index (χ2v) is 10.9. The zero-order valence-corrected chi connectivity index (χ0v) is 16.6. The van der Waals surface area contributed by atoms with Gasteiger partial charge in [-0.05, 0) is 0 Å². The van der Waals surface area contributed by atoms with E-state index in [9.17, 15) is 0 Å². The van der Waals surface area contributed by atoms with Gasteiger partial charge in [-0.1, -0.05) is 0 Å². The molecule has 0 atom stereocenters. The second kappa shape index (κ2) is 8.22. The summed E-state index contributed by atoms with van der Waals surface area (Å²) < 4.78 is 0. The second-order valence-electron chi connectivity index (χ2n) is 6.99. The molecule has 0 heterocycles. The van der Waals surface area contributed by atoms with Gasteiger partial charge in [-0.15, -0.1) is 0 Å². The van der Waals surface area contributed by atoms with Crippen LogP contribution >= 0.6 is 7.26 Å². The van der Waals surface area contributed by atoms with Crippen LogP contribution < -0.4 is 15.9 Å². The molecular weight excluding hydrogens is 357 g/mol. The number of nitriles is 1. The third-order valence-electron chi connectivity index (χ3n) is 5.35. The van der Waals surface area contributed by atoms with Crippen LogP contribution in [0.25, 0.3) is 0 Å². The fourth-order valence-electron chi connectivity index (χ4n) is 3.98. The molecule has 0 unspecified atom stereocenters. The van der Waals surface area contributed by atoms with Gasteiger partial charge in [-0.2, -0.15) is 0 Å². The van der Waals surface area contributed by atoms with Crippen molar-refractivity contribution in [3.63, 3.8) is 0 Å². The minimum absolute atomic E-state index is 0.704. The van der Waals surface area contributed by atoms with Crippen molar-refractivity contribution >= 4 is 23.2 Å². The third-order valence-corrected chi connectivity index (χ3v) is 10.2. The van der Waals surface area contributed by atoms with Crippen LogP contribution in [0.5, 0.6) is 0 Å². The predicted molar refractivity (Wildman–Crippen MR) is 121 cm³/mol. The SMILES string of the molecule is N#Cc1ccc(C[PH](c2ccccc2)(c2ccccc2)c2ccccc2)cc1. The molecule has 0 saturated heterocycles. The molecule has 0 aliphatic rings. The van der Waals surface area contributed by atoms with Crippen molar-refractivity contribution in [1.82, 2.24) is 0 Å². The van der Waals surface area contributed by atoms with E-state index in [1.807, 2.05) is 12.1 Å². The first kappa shape index (κ1) is 18.2. The Morgan fingerprint density at radius 3 is 1.29 bits per heavy atom. The summed E-state index contributed by atoms with van der Waals surface area (Å²) in [6.07, 6.45) is 0.955. The van der Waals surface area contributed by atoms with Gasteiger partial charge >= 0.3 is 167 Å². The molecule has 4 aromatic rings. The van der Waals surface area contributed by atoms with Crippen molar-refractivity contribution in [3.8, 4) is 6.07 Å². The Hall–Kier alpha value is -3.20. The van der Waals surface area contributed by atoms with E-state index in [1.54, 1.807) is 0 Å². The molecule has 1 nitrogen and oxygen atoms in total. The van der Waals surface area contributed by atoms with Crippen LogP contribution in [0.4, 0.5) is 0 Å². The first-order chi connectivity index (χ1) is 13.8. The number of hydrogen-bond donors (Lipinski definition) is 0. The minimum atomic E-state index is -2.28. The zero-order valence-electron chi connectivity index (χ0n) is 15.6. The molecule has 0 amide bonds. The van der Waals surface area contributed by atoms with Crippen molar-refractivity contribution in [2.45, 2.75) is 6.16 Å². The summed E-state index contributed by atoms with van der Waals surface area (Å²) in [6, 6.07) is 43.0. The van der Waals surface area contributed by atoms with E-state index in [0.717, 1.165) is 6.16 Å². The van der Waals surface area contributed by atoms with Gasteiger partial charge in [0, 0.05) is 0 Å². The van der Waals surface area contributed by atoms with Gasteiger partial charge in [-0.3, -0.25) is 0 Å². The quantitative estimate of drug-likeness (QED) is 0.458. The van der Waals surface area contributed by atoms with Crippen molar-refractivity contribution in [2.75, 3.05) is 0 Å². The molecule has 0 spiro atoms. The van der Waals surface area contributed by atoms with Crippen LogP contribution in [0, 0.1) is 11.3 Å². The van der Waals surface area contributed by atoms with E-state index < -0.39 is 7.26 Å². The predicted octanol–water partition coefficient (Wildman–Crippen LogP) is 4.78. The first-order valence-corrected chi connectivity index (χ1v) is 11.7. The Morgan fingerprint density at radius 2 is 0.929 bits per heavy atom. The normalized spacial score (nSPS) is 11.5.